The number of nitrogens with one attached hydrogen (secondary N) is 1. The molecule has 0 fully saturated rings. The van der Waals surface area contributed by atoms with Crippen molar-refractivity contribution in [3.8, 4) is 11.5 Å². The average molecular weight is 298 g/mol. The molecule has 0 saturated carbocycles. The van der Waals surface area contributed by atoms with E-state index in [1.165, 1.54) is 0 Å². The molecule has 6 heteroatoms. The number of hydrogen-bond donors (Lipinski definition) is 2. The van der Waals surface area contributed by atoms with Crippen LogP contribution in [-0.2, 0) is 11.2 Å². The highest BCUT2D eigenvalue weighted by Crippen LogP contribution is 2.32. The van der Waals surface area contributed by atoms with Gasteiger partial charge in [-0.15, -0.1) is 0 Å². The Bertz CT molecular complexity index is 725. The highest BCUT2D eigenvalue weighted by molar-refractivity contribution is 6.04. The zero-order valence-corrected chi connectivity index (χ0v) is 11.7. The minimum Gasteiger partial charge on any atom is -0.454 e. The van der Waals surface area contributed by atoms with E-state index < -0.39 is 5.91 Å². The fraction of sp³-hybridized carbons (Fsp3) is 0.125. The van der Waals surface area contributed by atoms with Crippen molar-refractivity contribution in [3.05, 3.63) is 53.6 Å². The van der Waals surface area contributed by atoms with Gasteiger partial charge in [-0.1, -0.05) is 12.1 Å². The Balaban J connectivity index is 1.70. The summed E-state index contributed by atoms with van der Waals surface area (Å²) in [5.74, 6) is 0.551. The van der Waals surface area contributed by atoms with Crippen LogP contribution in [0.4, 0.5) is 5.69 Å². The van der Waals surface area contributed by atoms with Gasteiger partial charge < -0.3 is 20.5 Å². The Kier molecular flexibility index (Phi) is 3.65. The van der Waals surface area contributed by atoms with Crippen LogP contribution in [-0.4, -0.2) is 18.6 Å². The third-order valence-electron chi connectivity index (χ3n) is 3.22. The van der Waals surface area contributed by atoms with E-state index in [-0.39, 0.29) is 19.1 Å². The van der Waals surface area contributed by atoms with Crippen molar-refractivity contribution in [3.63, 3.8) is 0 Å². The van der Waals surface area contributed by atoms with Crippen LogP contribution < -0.4 is 20.5 Å². The smallest absolute Gasteiger partial charge is 0.255 e. The van der Waals surface area contributed by atoms with E-state index in [1.807, 2.05) is 0 Å². The van der Waals surface area contributed by atoms with Crippen molar-refractivity contribution >= 4 is 17.5 Å². The lowest BCUT2D eigenvalue weighted by Gasteiger charge is -2.07. The first-order valence-electron chi connectivity index (χ1n) is 6.70. The van der Waals surface area contributed by atoms with E-state index in [0.29, 0.717) is 22.7 Å². The second-order valence-corrected chi connectivity index (χ2v) is 4.86. The average Bonchev–Trinajstić information content (AvgIpc) is 2.96. The fourth-order valence-electron chi connectivity index (χ4n) is 2.15. The van der Waals surface area contributed by atoms with Crippen molar-refractivity contribution in [2.24, 2.45) is 5.73 Å². The number of fused-ring (bicyclic) bond motifs is 1. The standard InChI is InChI=1S/C16H14N2O4/c17-15(19)7-10-1-4-12(5-2-10)18-16(20)11-3-6-13-14(8-11)22-9-21-13/h1-6,8H,7,9H2,(H2,17,19)(H,18,20). The van der Waals surface area contributed by atoms with Crippen molar-refractivity contribution in [1.29, 1.82) is 0 Å². The van der Waals surface area contributed by atoms with Gasteiger partial charge in [-0.05, 0) is 35.9 Å². The van der Waals surface area contributed by atoms with E-state index in [2.05, 4.69) is 5.32 Å². The summed E-state index contributed by atoms with van der Waals surface area (Å²) >= 11 is 0. The molecule has 0 bridgehead atoms. The number of anilines is 1. The predicted octanol–water partition coefficient (Wildman–Crippen LogP) is 1.70. The maximum atomic E-state index is 12.2. The lowest BCUT2D eigenvalue weighted by molar-refractivity contribution is -0.117. The van der Waals surface area contributed by atoms with Gasteiger partial charge in [0.05, 0.1) is 6.42 Å². The third-order valence-corrected chi connectivity index (χ3v) is 3.22. The van der Waals surface area contributed by atoms with E-state index >= 15 is 0 Å². The Morgan fingerprint density at radius 1 is 1.05 bits per heavy atom. The molecule has 1 heterocycles. The second-order valence-electron chi connectivity index (χ2n) is 4.86. The summed E-state index contributed by atoms with van der Waals surface area (Å²) in [6.45, 7) is 0.168. The summed E-state index contributed by atoms with van der Waals surface area (Å²) in [6.07, 6.45) is 0.177. The molecular formula is C16H14N2O4. The molecular weight excluding hydrogens is 284 g/mol. The number of primary amides is 1. The Morgan fingerprint density at radius 3 is 2.50 bits per heavy atom. The minimum absolute atomic E-state index is 0.168. The van der Waals surface area contributed by atoms with Crippen LogP contribution in [0.25, 0.3) is 0 Å². The van der Waals surface area contributed by atoms with Crippen LogP contribution in [0.3, 0.4) is 0 Å². The summed E-state index contributed by atoms with van der Waals surface area (Å²) in [5.41, 5.74) is 7.05. The van der Waals surface area contributed by atoms with Gasteiger partial charge in [0, 0.05) is 11.3 Å². The lowest BCUT2D eigenvalue weighted by Crippen LogP contribution is -2.14. The number of rotatable bonds is 4. The molecule has 3 rings (SSSR count). The molecule has 2 amide bonds. The molecule has 22 heavy (non-hydrogen) atoms. The molecule has 6 nitrogen and oxygen atoms in total. The molecule has 0 aromatic heterocycles. The van der Waals surface area contributed by atoms with Gasteiger partial charge in [-0.2, -0.15) is 0 Å². The Labute approximate surface area is 126 Å². The molecule has 1 aliphatic heterocycles. The number of carbonyl (C=O) groups is 2. The largest absolute Gasteiger partial charge is 0.454 e. The normalized spacial score (nSPS) is 12.0. The molecule has 0 atom stereocenters. The quantitative estimate of drug-likeness (QED) is 0.898. The number of benzene rings is 2. The number of carbonyl (C=O) groups excluding carboxylic acids is 2. The van der Waals surface area contributed by atoms with Gasteiger partial charge >= 0.3 is 0 Å². The second kappa shape index (κ2) is 5.77. The van der Waals surface area contributed by atoms with Crippen molar-refractivity contribution in [2.75, 3.05) is 12.1 Å². The van der Waals surface area contributed by atoms with E-state index in [9.17, 15) is 9.59 Å². The highest BCUT2D eigenvalue weighted by atomic mass is 16.7. The van der Waals surface area contributed by atoms with Crippen LogP contribution in [0, 0.1) is 0 Å². The van der Waals surface area contributed by atoms with Crippen LogP contribution in [0.2, 0.25) is 0 Å². The summed E-state index contributed by atoms with van der Waals surface area (Å²) in [4.78, 5) is 23.0. The first-order valence-corrected chi connectivity index (χ1v) is 6.70. The fourth-order valence-corrected chi connectivity index (χ4v) is 2.15. The molecule has 0 saturated heterocycles. The van der Waals surface area contributed by atoms with E-state index in [4.69, 9.17) is 15.2 Å². The third kappa shape index (κ3) is 3.01. The molecule has 112 valence electrons. The summed E-state index contributed by atoms with van der Waals surface area (Å²) in [7, 11) is 0. The van der Waals surface area contributed by atoms with E-state index in [1.54, 1.807) is 42.5 Å². The number of nitrogens with two attached hydrogens (primary N) is 1. The first-order chi connectivity index (χ1) is 10.6. The predicted molar refractivity (Wildman–Crippen MR) is 79.9 cm³/mol. The van der Waals surface area contributed by atoms with Crippen molar-refractivity contribution in [1.82, 2.24) is 0 Å². The number of amides is 2. The van der Waals surface area contributed by atoms with Crippen molar-refractivity contribution < 1.29 is 19.1 Å². The van der Waals surface area contributed by atoms with Gasteiger partial charge in [0.25, 0.3) is 5.91 Å². The zero-order chi connectivity index (χ0) is 15.5. The lowest BCUT2D eigenvalue weighted by atomic mass is 10.1. The van der Waals surface area contributed by atoms with Gasteiger partial charge in [0.1, 0.15) is 0 Å². The molecule has 0 spiro atoms. The minimum atomic E-state index is -0.392. The molecule has 3 N–H and O–H groups in total. The molecule has 2 aromatic carbocycles. The summed E-state index contributed by atoms with van der Waals surface area (Å²) in [5, 5.41) is 2.78. The number of ether oxygens (including phenoxy) is 2. The van der Waals surface area contributed by atoms with Crippen LogP contribution in [0.15, 0.2) is 42.5 Å². The molecule has 0 aliphatic carbocycles. The SMILES string of the molecule is NC(=O)Cc1ccc(NC(=O)c2ccc3c(c2)OCO3)cc1. The van der Waals surface area contributed by atoms with Crippen LogP contribution >= 0.6 is 0 Å². The van der Waals surface area contributed by atoms with Gasteiger partial charge in [0.15, 0.2) is 11.5 Å². The van der Waals surface area contributed by atoms with Crippen LogP contribution in [0.1, 0.15) is 15.9 Å². The monoisotopic (exact) mass is 298 g/mol. The van der Waals surface area contributed by atoms with Crippen LogP contribution in [0.5, 0.6) is 11.5 Å². The Hall–Kier alpha value is -3.02. The van der Waals surface area contributed by atoms with Gasteiger partial charge in [-0.25, -0.2) is 0 Å². The van der Waals surface area contributed by atoms with E-state index in [0.717, 1.165) is 5.56 Å². The molecule has 2 aromatic rings. The first kappa shape index (κ1) is 13.9. The zero-order valence-electron chi connectivity index (χ0n) is 11.7. The van der Waals surface area contributed by atoms with Gasteiger partial charge in [0.2, 0.25) is 12.7 Å². The van der Waals surface area contributed by atoms with Gasteiger partial charge in [-0.3, -0.25) is 9.59 Å². The maximum Gasteiger partial charge on any atom is 0.255 e. The molecule has 0 radical (unpaired) electrons. The highest BCUT2D eigenvalue weighted by Gasteiger charge is 2.16. The van der Waals surface area contributed by atoms with Crippen molar-refractivity contribution in [2.45, 2.75) is 6.42 Å². The topological polar surface area (TPSA) is 90.7 Å². The number of hydrogen-bond acceptors (Lipinski definition) is 4. The summed E-state index contributed by atoms with van der Waals surface area (Å²) < 4.78 is 10.5. The summed E-state index contributed by atoms with van der Waals surface area (Å²) in [6, 6.07) is 12.0. The Morgan fingerprint density at radius 2 is 1.77 bits per heavy atom. The maximum absolute atomic E-state index is 12.2. The molecule has 1 aliphatic rings. The molecule has 0 unspecified atom stereocenters.